The zero-order valence-electron chi connectivity index (χ0n) is 15.2. The molecule has 0 saturated carbocycles. The van der Waals surface area contributed by atoms with Crippen LogP contribution in [0.5, 0.6) is 0 Å². The van der Waals surface area contributed by atoms with Crippen molar-refractivity contribution >= 4 is 43.8 Å². The molecule has 4 aromatic rings. The third kappa shape index (κ3) is 3.34. The highest BCUT2D eigenvalue weighted by Gasteiger charge is 2.23. The van der Waals surface area contributed by atoms with Gasteiger partial charge in [0.05, 0.1) is 23.4 Å². The standard InChI is InChI=1S/C22H17BrN2O2S/c1-2-19(26)21-20(14-6-4-3-5-7-14)18-10-15(23)8-9-17(18)22(27)25(21)11-16-12-28-13-24-16/h3-10,12-13H,2,11H2,1H3. The van der Waals surface area contributed by atoms with E-state index in [4.69, 9.17) is 0 Å². The van der Waals surface area contributed by atoms with Gasteiger partial charge in [-0.05, 0) is 29.1 Å². The number of rotatable bonds is 5. The van der Waals surface area contributed by atoms with Gasteiger partial charge in [0, 0.05) is 27.2 Å². The first kappa shape index (κ1) is 18.8. The number of hydrogen-bond acceptors (Lipinski definition) is 4. The number of Topliss-reactive ketones (excluding diaryl/α,β-unsaturated/α-hetero) is 1. The number of benzene rings is 2. The summed E-state index contributed by atoms with van der Waals surface area (Å²) >= 11 is 4.98. The number of carbonyl (C=O) groups is 1. The van der Waals surface area contributed by atoms with Crippen molar-refractivity contribution in [3.05, 3.63) is 85.6 Å². The SMILES string of the molecule is CCC(=O)c1c(-c2ccccc2)c2cc(Br)ccc2c(=O)n1Cc1cscn1. The average Bonchev–Trinajstić information content (AvgIpc) is 3.23. The van der Waals surface area contributed by atoms with Crippen molar-refractivity contribution in [2.24, 2.45) is 0 Å². The maximum absolute atomic E-state index is 13.4. The van der Waals surface area contributed by atoms with E-state index in [1.165, 1.54) is 11.3 Å². The lowest BCUT2D eigenvalue weighted by molar-refractivity contribution is 0.0979. The number of fused-ring (bicyclic) bond motifs is 1. The Kier molecular flexibility index (Phi) is 5.24. The molecule has 2 heterocycles. The monoisotopic (exact) mass is 452 g/mol. The van der Waals surface area contributed by atoms with Gasteiger partial charge in [0.1, 0.15) is 0 Å². The zero-order chi connectivity index (χ0) is 19.7. The van der Waals surface area contributed by atoms with E-state index in [1.54, 1.807) is 10.1 Å². The second kappa shape index (κ2) is 7.81. The highest BCUT2D eigenvalue weighted by atomic mass is 79.9. The van der Waals surface area contributed by atoms with Crippen molar-refractivity contribution in [3.63, 3.8) is 0 Å². The summed E-state index contributed by atoms with van der Waals surface area (Å²) < 4.78 is 2.45. The van der Waals surface area contributed by atoms with Crippen molar-refractivity contribution < 1.29 is 4.79 Å². The second-order valence-electron chi connectivity index (χ2n) is 6.43. The van der Waals surface area contributed by atoms with Crippen LogP contribution in [0.15, 0.2) is 68.7 Å². The Morgan fingerprint density at radius 3 is 2.61 bits per heavy atom. The normalized spacial score (nSPS) is 11.1. The predicted molar refractivity (Wildman–Crippen MR) is 117 cm³/mol. The lowest BCUT2D eigenvalue weighted by Gasteiger charge is -2.19. The first-order valence-corrected chi connectivity index (χ1v) is 10.7. The number of nitrogens with zero attached hydrogens (tertiary/aromatic N) is 2. The number of hydrogen-bond donors (Lipinski definition) is 0. The van der Waals surface area contributed by atoms with Gasteiger partial charge in [0.2, 0.25) is 0 Å². The molecule has 0 aliphatic heterocycles. The molecular formula is C22H17BrN2O2S. The summed E-state index contributed by atoms with van der Waals surface area (Å²) in [5.41, 5.74) is 4.47. The molecule has 0 aliphatic carbocycles. The second-order valence-corrected chi connectivity index (χ2v) is 8.06. The van der Waals surface area contributed by atoms with Crippen LogP contribution in [0.1, 0.15) is 29.5 Å². The van der Waals surface area contributed by atoms with E-state index in [9.17, 15) is 9.59 Å². The number of halogens is 1. The smallest absolute Gasteiger partial charge is 0.259 e. The van der Waals surface area contributed by atoms with Gasteiger partial charge >= 0.3 is 0 Å². The minimum absolute atomic E-state index is 0.0620. The molecule has 0 aliphatic rings. The van der Waals surface area contributed by atoms with Gasteiger partial charge < -0.3 is 0 Å². The van der Waals surface area contributed by atoms with Crippen LogP contribution in [0, 0.1) is 0 Å². The topological polar surface area (TPSA) is 52.0 Å². The van der Waals surface area contributed by atoms with Crippen LogP contribution in [-0.4, -0.2) is 15.3 Å². The number of ketones is 1. The van der Waals surface area contributed by atoms with Gasteiger partial charge in [-0.1, -0.05) is 53.2 Å². The summed E-state index contributed by atoms with van der Waals surface area (Å²) in [6.07, 6.45) is 0.315. The molecule has 6 heteroatoms. The number of carbonyl (C=O) groups excluding carboxylic acids is 1. The summed E-state index contributed by atoms with van der Waals surface area (Å²) in [7, 11) is 0. The zero-order valence-corrected chi connectivity index (χ0v) is 17.6. The summed E-state index contributed by atoms with van der Waals surface area (Å²) in [5.74, 6) is -0.0620. The number of aromatic nitrogens is 2. The quantitative estimate of drug-likeness (QED) is 0.374. The van der Waals surface area contributed by atoms with Crippen LogP contribution in [0.3, 0.4) is 0 Å². The average molecular weight is 453 g/mol. The highest BCUT2D eigenvalue weighted by Crippen LogP contribution is 2.33. The van der Waals surface area contributed by atoms with Crippen LogP contribution >= 0.6 is 27.3 Å². The van der Waals surface area contributed by atoms with Gasteiger partial charge in [-0.15, -0.1) is 11.3 Å². The van der Waals surface area contributed by atoms with Crippen LogP contribution < -0.4 is 5.56 Å². The fourth-order valence-corrected chi connectivity index (χ4v) is 4.31. The first-order chi connectivity index (χ1) is 13.6. The van der Waals surface area contributed by atoms with Crippen molar-refractivity contribution in [2.45, 2.75) is 19.9 Å². The van der Waals surface area contributed by atoms with E-state index in [2.05, 4.69) is 20.9 Å². The fourth-order valence-electron chi connectivity index (χ4n) is 3.40. The third-order valence-electron chi connectivity index (χ3n) is 4.68. The minimum Gasteiger partial charge on any atom is -0.298 e. The maximum atomic E-state index is 13.4. The van der Waals surface area contributed by atoms with E-state index < -0.39 is 0 Å². The highest BCUT2D eigenvalue weighted by molar-refractivity contribution is 9.10. The largest absolute Gasteiger partial charge is 0.298 e. The number of thiazole rings is 1. The number of pyridine rings is 1. The third-order valence-corrected chi connectivity index (χ3v) is 5.81. The van der Waals surface area contributed by atoms with Crippen LogP contribution in [0.4, 0.5) is 0 Å². The molecule has 0 amide bonds. The van der Waals surface area contributed by atoms with Gasteiger partial charge in [0.15, 0.2) is 5.78 Å². The van der Waals surface area contributed by atoms with E-state index in [0.29, 0.717) is 17.5 Å². The van der Waals surface area contributed by atoms with Gasteiger partial charge in [-0.25, -0.2) is 4.98 Å². The Bertz CT molecular complexity index is 1220. The first-order valence-electron chi connectivity index (χ1n) is 8.92. The molecule has 0 fully saturated rings. The van der Waals surface area contributed by atoms with Gasteiger partial charge in [-0.2, -0.15) is 0 Å². The van der Waals surface area contributed by atoms with Gasteiger partial charge in [0.25, 0.3) is 5.56 Å². The Morgan fingerprint density at radius 2 is 1.93 bits per heavy atom. The van der Waals surface area contributed by atoms with E-state index in [1.807, 2.05) is 60.8 Å². The van der Waals surface area contributed by atoms with Crippen LogP contribution in [0.2, 0.25) is 0 Å². The fraction of sp³-hybridized carbons (Fsp3) is 0.136. The lowest BCUT2D eigenvalue weighted by Crippen LogP contribution is -2.28. The predicted octanol–water partition coefficient (Wildman–Crippen LogP) is 5.53. The Labute approximate surface area is 174 Å². The van der Waals surface area contributed by atoms with E-state index >= 15 is 0 Å². The van der Waals surface area contributed by atoms with Crippen molar-refractivity contribution in [1.82, 2.24) is 9.55 Å². The summed E-state index contributed by atoms with van der Waals surface area (Å²) in [4.78, 5) is 30.7. The van der Waals surface area contributed by atoms with Crippen molar-refractivity contribution in [2.75, 3.05) is 0 Å². The minimum atomic E-state index is -0.174. The molecule has 0 N–H and O–H groups in total. The maximum Gasteiger partial charge on any atom is 0.259 e. The molecule has 4 rings (SSSR count). The molecule has 0 spiro atoms. The van der Waals surface area contributed by atoms with E-state index in [-0.39, 0.29) is 17.9 Å². The van der Waals surface area contributed by atoms with E-state index in [0.717, 1.165) is 26.7 Å². The Balaban J connectivity index is 2.16. The molecule has 2 aromatic carbocycles. The Morgan fingerprint density at radius 1 is 1.14 bits per heavy atom. The molecule has 0 atom stereocenters. The van der Waals surface area contributed by atoms with Crippen LogP contribution in [-0.2, 0) is 6.54 Å². The van der Waals surface area contributed by atoms with Gasteiger partial charge in [-0.3, -0.25) is 14.2 Å². The Hall–Kier alpha value is -2.57. The molecule has 140 valence electrons. The molecule has 0 radical (unpaired) electrons. The summed E-state index contributed by atoms with van der Waals surface area (Å²) in [5, 5.41) is 3.27. The molecule has 2 aromatic heterocycles. The molecule has 28 heavy (non-hydrogen) atoms. The van der Waals surface area contributed by atoms with Crippen molar-refractivity contribution in [1.29, 1.82) is 0 Å². The molecule has 0 unspecified atom stereocenters. The molecular weight excluding hydrogens is 436 g/mol. The van der Waals surface area contributed by atoms with Crippen LogP contribution in [0.25, 0.3) is 21.9 Å². The molecule has 4 nitrogen and oxygen atoms in total. The molecule has 0 saturated heterocycles. The lowest BCUT2D eigenvalue weighted by atomic mass is 9.94. The molecule has 0 bridgehead atoms. The van der Waals surface area contributed by atoms with Crippen molar-refractivity contribution in [3.8, 4) is 11.1 Å². The summed E-state index contributed by atoms with van der Waals surface area (Å²) in [6, 6.07) is 15.3. The summed E-state index contributed by atoms with van der Waals surface area (Å²) in [6.45, 7) is 2.09.